The van der Waals surface area contributed by atoms with Crippen molar-refractivity contribution in [1.29, 1.82) is 0 Å². The van der Waals surface area contributed by atoms with E-state index in [0.29, 0.717) is 17.9 Å². The molecule has 2 amide bonds. The van der Waals surface area contributed by atoms with E-state index in [-0.39, 0.29) is 5.91 Å². The molecule has 24 heavy (non-hydrogen) atoms. The van der Waals surface area contributed by atoms with E-state index in [1.54, 1.807) is 32.5 Å². The number of hydrogen-bond acceptors (Lipinski definition) is 5. The quantitative estimate of drug-likeness (QED) is 0.640. The van der Waals surface area contributed by atoms with E-state index in [0.717, 1.165) is 11.3 Å². The lowest BCUT2D eigenvalue weighted by molar-refractivity contribution is -0.118. The molecule has 0 saturated carbocycles. The molecule has 0 aromatic heterocycles. The van der Waals surface area contributed by atoms with Gasteiger partial charge in [-0.2, -0.15) is 24.4 Å². The molecule has 0 aliphatic rings. The molecule has 1 unspecified atom stereocenters. The second kappa shape index (κ2) is 9.84. The van der Waals surface area contributed by atoms with Crippen molar-refractivity contribution in [3.63, 3.8) is 0 Å². The van der Waals surface area contributed by atoms with Gasteiger partial charge in [0.05, 0.1) is 0 Å². The minimum absolute atomic E-state index is 0.256. The first-order chi connectivity index (χ1) is 11.2. The summed E-state index contributed by atoms with van der Waals surface area (Å²) in [6.07, 6.45) is 1.90. The molecule has 1 aromatic rings. The molecule has 1 atom stereocenters. The fraction of sp³-hybridized carbons (Fsp3) is 0.529. The van der Waals surface area contributed by atoms with Crippen LogP contribution in [0.5, 0.6) is 0 Å². The minimum atomic E-state index is -0.642. The van der Waals surface area contributed by atoms with Crippen LogP contribution in [-0.2, 0) is 15.3 Å². The molecule has 0 bridgehead atoms. The second-order valence-electron chi connectivity index (χ2n) is 6.32. The minimum Gasteiger partial charge on any atom is -0.444 e. The van der Waals surface area contributed by atoms with Crippen LogP contribution >= 0.6 is 24.4 Å². The van der Waals surface area contributed by atoms with Crippen LogP contribution in [0.25, 0.3) is 0 Å². The molecule has 134 valence electrons. The Hall–Kier alpha value is -1.34. The molecule has 5 nitrogen and oxygen atoms in total. The fourth-order valence-electron chi connectivity index (χ4n) is 1.88. The summed E-state index contributed by atoms with van der Waals surface area (Å²) in [5, 5.41) is 5.48. The van der Waals surface area contributed by atoms with Gasteiger partial charge in [-0.05, 0) is 56.9 Å². The monoisotopic (exact) mass is 370 g/mol. The van der Waals surface area contributed by atoms with Gasteiger partial charge in [0.1, 0.15) is 11.6 Å². The Kier molecular flexibility index (Phi) is 8.48. The van der Waals surface area contributed by atoms with Gasteiger partial charge in [0.2, 0.25) is 5.91 Å². The van der Waals surface area contributed by atoms with E-state index in [1.807, 2.05) is 30.5 Å². The Bertz CT molecular complexity index is 542. The molecule has 0 heterocycles. The standard InChI is InChI=1S/C17H26N2O3S2/c1-17(2,3)22-16(21)19-14(9-10-24-4)15(20)18-13-7-5-12(11-23)6-8-13/h5-8,14,23H,9-11H2,1-4H3,(H,18,20)(H,19,21). The number of nitrogens with one attached hydrogen (secondary N) is 2. The number of anilines is 1. The zero-order chi connectivity index (χ0) is 18.2. The fourth-order valence-corrected chi connectivity index (χ4v) is 2.56. The highest BCUT2D eigenvalue weighted by Gasteiger charge is 2.24. The summed E-state index contributed by atoms with van der Waals surface area (Å²) in [4.78, 5) is 24.4. The Morgan fingerprint density at radius 2 is 1.88 bits per heavy atom. The number of benzene rings is 1. The van der Waals surface area contributed by atoms with Crippen LogP contribution in [0.3, 0.4) is 0 Å². The number of amides is 2. The van der Waals surface area contributed by atoms with Crippen LogP contribution < -0.4 is 10.6 Å². The molecule has 0 aliphatic carbocycles. The Morgan fingerprint density at radius 1 is 1.25 bits per heavy atom. The Labute approximate surface area is 153 Å². The molecule has 0 aliphatic heterocycles. The van der Waals surface area contributed by atoms with Gasteiger partial charge in [0.25, 0.3) is 0 Å². The Balaban J connectivity index is 2.70. The van der Waals surface area contributed by atoms with Crippen molar-refractivity contribution in [2.75, 3.05) is 17.3 Å². The van der Waals surface area contributed by atoms with Crippen molar-refractivity contribution in [1.82, 2.24) is 5.32 Å². The Morgan fingerprint density at radius 3 is 2.38 bits per heavy atom. The number of hydrogen-bond donors (Lipinski definition) is 3. The van der Waals surface area contributed by atoms with E-state index in [2.05, 4.69) is 23.3 Å². The maximum Gasteiger partial charge on any atom is 0.408 e. The predicted molar refractivity (Wildman–Crippen MR) is 104 cm³/mol. The van der Waals surface area contributed by atoms with Crippen molar-refractivity contribution < 1.29 is 14.3 Å². The SMILES string of the molecule is CSCCC(NC(=O)OC(C)(C)C)C(=O)Nc1ccc(CS)cc1. The second-order valence-corrected chi connectivity index (χ2v) is 7.63. The highest BCUT2D eigenvalue weighted by Crippen LogP contribution is 2.13. The molecule has 1 aromatic carbocycles. The van der Waals surface area contributed by atoms with E-state index in [9.17, 15) is 9.59 Å². The molecular formula is C17H26N2O3S2. The number of alkyl carbamates (subject to hydrolysis) is 1. The summed E-state index contributed by atoms with van der Waals surface area (Å²) >= 11 is 5.82. The van der Waals surface area contributed by atoms with Crippen molar-refractivity contribution in [2.24, 2.45) is 0 Å². The van der Waals surface area contributed by atoms with Crippen molar-refractivity contribution in [3.8, 4) is 0 Å². The number of ether oxygens (including phenoxy) is 1. The van der Waals surface area contributed by atoms with Gasteiger partial charge in [-0.1, -0.05) is 12.1 Å². The molecule has 0 spiro atoms. The van der Waals surface area contributed by atoms with Crippen molar-refractivity contribution >= 4 is 42.1 Å². The zero-order valence-electron chi connectivity index (χ0n) is 14.6. The lowest BCUT2D eigenvalue weighted by Gasteiger charge is -2.23. The van der Waals surface area contributed by atoms with Gasteiger partial charge in [0.15, 0.2) is 0 Å². The van der Waals surface area contributed by atoms with E-state index < -0.39 is 17.7 Å². The first kappa shape index (κ1) is 20.7. The molecule has 0 saturated heterocycles. The molecule has 2 N–H and O–H groups in total. The first-order valence-corrected chi connectivity index (χ1v) is 9.77. The number of thiol groups is 1. The summed E-state index contributed by atoms with van der Waals surface area (Å²) < 4.78 is 5.23. The van der Waals surface area contributed by atoms with Crippen molar-refractivity contribution in [3.05, 3.63) is 29.8 Å². The molecule has 7 heteroatoms. The number of carbonyl (C=O) groups is 2. The van der Waals surface area contributed by atoms with Gasteiger partial charge < -0.3 is 15.4 Å². The lowest BCUT2D eigenvalue weighted by atomic mass is 10.2. The van der Waals surface area contributed by atoms with E-state index in [4.69, 9.17) is 4.74 Å². The molecule has 0 radical (unpaired) electrons. The summed E-state index contributed by atoms with van der Waals surface area (Å²) in [6, 6.07) is 6.81. The van der Waals surface area contributed by atoms with E-state index in [1.165, 1.54) is 0 Å². The zero-order valence-corrected chi connectivity index (χ0v) is 16.3. The van der Waals surface area contributed by atoms with Gasteiger partial charge in [0, 0.05) is 11.4 Å². The third kappa shape index (κ3) is 7.97. The third-order valence-electron chi connectivity index (χ3n) is 3.02. The molecular weight excluding hydrogens is 344 g/mol. The average Bonchev–Trinajstić information content (AvgIpc) is 2.50. The largest absolute Gasteiger partial charge is 0.444 e. The average molecular weight is 371 g/mol. The van der Waals surface area contributed by atoms with Gasteiger partial charge in [-0.3, -0.25) is 4.79 Å². The third-order valence-corrected chi connectivity index (χ3v) is 4.03. The first-order valence-electron chi connectivity index (χ1n) is 7.74. The number of rotatable bonds is 7. The van der Waals surface area contributed by atoms with Crippen LogP contribution in [0.2, 0.25) is 0 Å². The summed E-state index contributed by atoms with van der Waals surface area (Å²) in [5.74, 6) is 1.14. The van der Waals surface area contributed by atoms with Crippen LogP contribution in [0.1, 0.15) is 32.8 Å². The van der Waals surface area contributed by atoms with Gasteiger partial charge >= 0.3 is 6.09 Å². The normalized spacial score (nSPS) is 12.4. The summed E-state index contributed by atoms with van der Waals surface area (Å²) in [5.41, 5.74) is 1.15. The van der Waals surface area contributed by atoms with Gasteiger partial charge in [-0.15, -0.1) is 0 Å². The lowest BCUT2D eigenvalue weighted by Crippen LogP contribution is -2.46. The predicted octanol–water partition coefficient (Wildman–Crippen LogP) is 3.70. The maximum absolute atomic E-state index is 12.5. The summed E-state index contributed by atoms with van der Waals surface area (Å²) in [6.45, 7) is 5.35. The van der Waals surface area contributed by atoms with Crippen LogP contribution in [0.4, 0.5) is 10.5 Å². The smallest absolute Gasteiger partial charge is 0.408 e. The van der Waals surface area contributed by atoms with E-state index >= 15 is 0 Å². The number of thioether (sulfide) groups is 1. The van der Waals surface area contributed by atoms with Crippen LogP contribution in [-0.4, -0.2) is 35.7 Å². The topological polar surface area (TPSA) is 67.4 Å². The molecule has 1 rings (SSSR count). The number of carbonyl (C=O) groups excluding carboxylic acids is 2. The van der Waals surface area contributed by atoms with Crippen LogP contribution in [0, 0.1) is 0 Å². The maximum atomic E-state index is 12.5. The highest BCUT2D eigenvalue weighted by molar-refractivity contribution is 7.98. The van der Waals surface area contributed by atoms with Crippen molar-refractivity contribution in [2.45, 2.75) is 44.6 Å². The van der Waals surface area contributed by atoms with Crippen LogP contribution in [0.15, 0.2) is 24.3 Å². The summed E-state index contributed by atoms with van der Waals surface area (Å²) in [7, 11) is 0. The highest BCUT2D eigenvalue weighted by atomic mass is 32.2. The van der Waals surface area contributed by atoms with Gasteiger partial charge in [-0.25, -0.2) is 4.79 Å². The molecule has 0 fully saturated rings.